The molecule has 3 aromatic carbocycles. The van der Waals surface area contributed by atoms with Crippen LogP contribution in [0, 0.1) is 40.7 Å². The van der Waals surface area contributed by atoms with Crippen molar-refractivity contribution < 1.29 is 66.5 Å². The van der Waals surface area contributed by atoms with Crippen molar-refractivity contribution in [2.24, 2.45) is 0 Å². The summed E-state index contributed by atoms with van der Waals surface area (Å²) in [5, 5.41) is 0. The van der Waals surface area contributed by atoms with E-state index in [0.717, 1.165) is 0 Å². The Hall–Kier alpha value is -4.05. The fourth-order valence-corrected chi connectivity index (χ4v) is 2.89. The number of alkyl halides is 6. The molecule has 0 spiro atoms. The summed E-state index contributed by atoms with van der Waals surface area (Å²) >= 11 is 0. The van der Waals surface area contributed by atoms with E-state index < -0.39 is 105 Å². The van der Waals surface area contributed by atoms with Gasteiger partial charge in [-0.2, -0.15) is 26.3 Å². The second-order valence-electron chi connectivity index (χ2n) is 6.93. The van der Waals surface area contributed by atoms with Gasteiger partial charge in [0, 0.05) is 18.2 Å². The molecule has 4 N–H and O–H groups in total. The van der Waals surface area contributed by atoms with Crippen LogP contribution in [0.3, 0.4) is 0 Å². The van der Waals surface area contributed by atoms with Gasteiger partial charge in [0.25, 0.3) is 0 Å². The van der Waals surface area contributed by atoms with Crippen LogP contribution < -0.4 is 20.9 Å². The molecule has 0 heterocycles. The predicted molar refractivity (Wildman–Crippen MR) is 98.0 cm³/mol. The lowest BCUT2D eigenvalue weighted by molar-refractivity contribution is -0.147. The van der Waals surface area contributed by atoms with E-state index >= 15 is 0 Å². The highest BCUT2D eigenvalue weighted by Crippen LogP contribution is 2.52. The highest BCUT2D eigenvalue weighted by Gasteiger charge is 2.48. The molecule has 0 unspecified atom stereocenters. The molecule has 0 aliphatic carbocycles. The zero-order valence-corrected chi connectivity index (χ0v) is 17.1. The Kier molecular flexibility index (Phi) is 6.78. The molecule has 3 aromatic rings. The molecule has 200 valence electrons. The summed E-state index contributed by atoms with van der Waals surface area (Å²) in [5.74, 6) is -23.8. The molecule has 0 aliphatic rings. The minimum atomic E-state index is -6.07. The molecule has 0 saturated heterocycles. The minimum absolute atomic E-state index is 0.176. The largest absolute Gasteiger partial charge is 0.450 e. The Balaban J connectivity index is 2.41. The van der Waals surface area contributed by atoms with Crippen molar-refractivity contribution in [2.75, 3.05) is 11.5 Å². The molecule has 0 fully saturated rings. The summed E-state index contributed by atoms with van der Waals surface area (Å²) in [4.78, 5) is 0. The highest BCUT2D eigenvalue weighted by molar-refractivity contribution is 5.59. The molecule has 3 rings (SSSR count). The van der Waals surface area contributed by atoms with E-state index in [1.807, 2.05) is 0 Å². The van der Waals surface area contributed by atoms with Crippen LogP contribution in [-0.4, -0.2) is 0 Å². The number of hydrogen-bond acceptors (Lipinski definition) is 4. The molecule has 0 saturated carbocycles. The molecule has 0 radical (unpaired) electrons. The number of hydrogen-bond donors (Lipinski definition) is 2. The van der Waals surface area contributed by atoms with Crippen molar-refractivity contribution in [1.29, 1.82) is 0 Å². The third-order valence-electron chi connectivity index (χ3n) is 4.51. The second-order valence-corrected chi connectivity index (χ2v) is 6.93. The van der Waals surface area contributed by atoms with E-state index in [-0.39, 0.29) is 12.1 Å². The molecular formula is C20H7F13N2O2. The minimum Gasteiger partial charge on any atom is -0.450 e. The molecule has 0 bridgehead atoms. The Morgan fingerprint density at radius 1 is 0.486 bits per heavy atom. The van der Waals surface area contributed by atoms with Gasteiger partial charge in [-0.1, -0.05) is 0 Å². The van der Waals surface area contributed by atoms with Crippen molar-refractivity contribution >= 4 is 11.4 Å². The zero-order valence-electron chi connectivity index (χ0n) is 17.1. The van der Waals surface area contributed by atoms with Crippen LogP contribution in [0.25, 0.3) is 0 Å². The second kappa shape index (κ2) is 9.11. The summed E-state index contributed by atoms with van der Waals surface area (Å²) < 4.78 is 188. The van der Waals surface area contributed by atoms with Gasteiger partial charge in [-0.3, -0.25) is 0 Å². The monoisotopic (exact) mass is 554 g/mol. The number of halogens is 13. The molecule has 0 atom stereocenters. The van der Waals surface area contributed by atoms with Crippen LogP contribution in [0.2, 0.25) is 0 Å². The van der Waals surface area contributed by atoms with Crippen molar-refractivity contribution in [1.82, 2.24) is 0 Å². The lowest BCUT2D eigenvalue weighted by atomic mass is 10.0. The first-order valence-corrected chi connectivity index (χ1v) is 9.08. The van der Waals surface area contributed by atoms with E-state index in [4.69, 9.17) is 11.5 Å². The van der Waals surface area contributed by atoms with E-state index in [1.165, 1.54) is 0 Å². The number of nitrogens with two attached hydrogens (primary N) is 2. The lowest BCUT2D eigenvalue weighted by Crippen LogP contribution is -2.18. The summed E-state index contributed by atoms with van der Waals surface area (Å²) in [5.41, 5.74) is 1.07. The first kappa shape index (κ1) is 27.5. The predicted octanol–water partition coefficient (Wildman–Crippen LogP) is 7.45. The van der Waals surface area contributed by atoms with Gasteiger partial charge in [0.15, 0.2) is 40.7 Å². The van der Waals surface area contributed by atoms with Crippen molar-refractivity contribution in [3.05, 3.63) is 70.0 Å². The SMILES string of the molecule is Nc1c(F)cc(F)c(Oc2cc(F)c(C(F)(F)F)c(Oc3c(F)cc(F)c(N)c3F)c2C(F)(F)F)c1F. The summed E-state index contributed by atoms with van der Waals surface area (Å²) in [6.07, 6.45) is -12.1. The average molecular weight is 554 g/mol. The van der Waals surface area contributed by atoms with E-state index in [2.05, 4.69) is 9.47 Å². The smallest absolute Gasteiger partial charge is 0.423 e. The van der Waals surface area contributed by atoms with Gasteiger partial charge in [-0.15, -0.1) is 0 Å². The average Bonchev–Trinajstić information content (AvgIpc) is 2.74. The molecule has 0 aromatic heterocycles. The molecule has 0 amide bonds. The van der Waals surface area contributed by atoms with Gasteiger partial charge in [0.2, 0.25) is 11.5 Å². The number of nitrogen functional groups attached to an aromatic ring is 2. The third-order valence-corrected chi connectivity index (χ3v) is 4.51. The van der Waals surface area contributed by atoms with Crippen molar-refractivity contribution in [2.45, 2.75) is 12.4 Å². The van der Waals surface area contributed by atoms with Gasteiger partial charge >= 0.3 is 12.4 Å². The van der Waals surface area contributed by atoms with E-state index in [0.29, 0.717) is 0 Å². The Bertz CT molecular complexity index is 1400. The number of anilines is 2. The van der Waals surface area contributed by atoms with E-state index in [9.17, 15) is 57.1 Å². The fourth-order valence-electron chi connectivity index (χ4n) is 2.89. The first-order chi connectivity index (χ1) is 16.9. The standard InChI is InChI=1S/C20H7F13N2O2/c21-4-3-9(36-16-7(24)1-5(22)14(34)12(16)26)11(20(31,32)33)18(10(4)19(28,29)30)37-17-8(25)2-6(23)15(35)13(17)27/h1-3H,34-35H2. The maximum Gasteiger partial charge on any atom is 0.423 e. The summed E-state index contributed by atoms with van der Waals surface area (Å²) in [6.45, 7) is 0. The van der Waals surface area contributed by atoms with Crippen LogP contribution in [0.5, 0.6) is 23.0 Å². The number of rotatable bonds is 4. The lowest BCUT2D eigenvalue weighted by Gasteiger charge is -2.23. The topological polar surface area (TPSA) is 70.5 Å². The van der Waals surface area contributed by atoms with Crippen LogP contribution in [0.1, 0.15) is 11.1 Å². The third kappa shape index (κ3) is 4.97. The highest BCUT2D eigenvalue weighted by atomic mass is 19.4. The van der Waals surface area contributed by atoms with Gasteiger partial charge < -0.3 is 20.9 Å². The van der Waals surface area contributed by atoms with Gasteiger partial charge in [-0.25, -0.2) is 30.7 Å². The fraction of sp³-hybridized carbons (Fsp3) is 0.100. The zero-order chi connectivity index (χ0) is 28.2. The van der Waals surface area contributed by atoms with Gasteiger partial charge in [-0.05, 0) is 0 Å². The summed E-state index contributed by atoms with van der Waals surface area (Å²) in [6, 6.07) is -1.06. The Labute approximate surface area is 195 Å². The van der Waals surface area contributed by atoms with Crippen molar-refractivity contribution in [3.63, 3.8) is 0 Å². The molecule has 37 heavy (non-hydrogen) atoms. The van der Waals surface area contributed by atoms with Crippen LogP contribution in [0.4, 0.5) is 68.5 Å². The first-order valence-electron chi connectivity index (χ1n) is 9.08. The molecule has 17 heteroatoms. The van der Waals surface area contributed by atoms with Gasteiger partial charge in [0.1, 0.15) is 34.1 Å². The normalized spacial score (nSPS) is 12.1. The number of benzene rings is 3. The maximum atomic E-state index is 14.5. The Morgan fingerprint density at radius 3 is 1.30 bits per heavy atom. The molecular weight excluding hydrogens is 547 g/mol. The number of ether oxygens (including phenoxy) is 2. The van der Waals surface area contributed by atoms with Crippen LogP contribution >= 0.6 is 0 Å². The quantitative estimate of drug-likeness (QED) is 0.260. The Morgan fingerprint density at radius 2 is 0.892 bits per heavy atom. The van der Waals surface area contributed by atoms with Crippen LogP contribution in [0.15, 0.2) is 18.2 Å². The molecule has 0 aliphatic heterocycles. The van der Waals surface area contributed by atoms with E-state index in [1.54, 1.807) is 0 Å². The van der Waals surface area contributed by atoms with Gasteiger partial charge in [0.05, 0.1) is 0 Å². The molecule has 4 nitrogen and oxygen atoms in total. The van der Waals surface area contributed by atoms with Crippen LogP contribution in [-0.2, 0) is 12.4 Å². The van der Waals surface area contributed by atoms with Crippen molar-refractivity contribution in [3.8, 4) is 23.0 Å². The maximum absolute atomic E-state index is 14.5. The summed E-state index contributed by atoms with van der Waals surface area (Å²) in [7, 11) is 0.